The predicted molar refractivity (Wildman–Crippen MR) is 132 cm³/mol. The minimum Gasteiger partial charge on any atom is -0.483 e. The molecule has 2 aliphatic rings. The standard InChI is InChI=1S/C25H32N4O8.FH/c1-25(2,3)37-24(35)29-19(31)11-10-16(22(29)33)28-21(32)15-8-7-9-17(20(15)23(28)34)36-14-18(30)27-13-6-4-5-12-26;/h7-9,16H,4-6,10-14,26H2,1-3H3,(H,27,30);1H. The van der Waals surface area contributed by atoms with Crippen LogP contribution in [0.15, 0.2) is 18.2 Å². The number of fused-ring (bicyclic) bond motifs is 1. The molecule has 1 atom stereocenters. The van der Waals surface area contributed by atoms with Crippen LogP contribution in [0.5, 0.6) is 5.75 Å². The summed E-state index contributed by atoms with van der Waals surface area (Å²) in [7, 11) is 0. The van der Waals surface area contributed by atoms with Crippen LogP contribution in [-0.4, -0.2) is 76.8 Å². The van der Waals surface area contributed by atoms with E-state index in [-0.39, 0.29) is 41.0 Å². The normalized spacial score (nSPS) is 17.2. The molecule has 0 spiro atoms. The summed E-state index contributed by atoms with van der Waals surface area (Å²) in [6.45, 7) is 5.40. The second-order valence-corrected chi connectivity index (χ2v) is 9.75. The molecule has 38 heavy (non-hydrogen) atoms. The topological polar surface area (TPSA) is 165 Å². The van der Waals surface area contributed by atoms with Crippen molar-refractivity contribution in [1.82, 2.24) is 15.1 Å². The number of hydrogen-bond acceptors (Lipinski definition) is 9. The number of amides is 6. The molecule has 13 heteroatoms. The van der Waals surface area contributed by atoms with Crippen molar-refractivity contribution in [3.05, 3.63) is 29.3 Å². The number of likely N-dealkylation sites (tertiary alicyclic amines) is 1. The molecule has 2 heterocycles. The number of carbonyl (C=O) groups excluding carboxylic acids is 6. The average molecular weight is 537 g/mol. The molecule has 208 valence electrons. The lowest BCUT2D eigenvalue weighted by molar-refractivity contribution is -0.150. The van der Waals surface area contributed by atoms with E-state index in [4.69, 9.17) is 15.2 Å². The minimum absolute atomic E-state index is 0. The van der Waals surface area contributed by atoms with Gasteiger partial charge >= 0.3 is 6.09 Å². The molecule has 3 rings (SSSR count). The number of unbranched alkanes of at least 4 members (excludes halogenated alkanes) is 2. The number of piperidine rings is 1. The molecular formula is C25H33FN4O8. The first kappa shape index (κ1) is 30.4. The molecule has 0 saturated carbocycles. The van der Waals surface area contributed by atoms with E-state index in [0.717, 1.165) is 24.2 Å². The fourth-order valence-electron chi connectivity index (χ4n) is 4.05. The summed E-state index contributed by atoms with van der Waals surface area (Å²) in [5.41, 5.74) is 4.39. The summed E-state index contributed by atoms with van der Waals surface area (Å²) in [5, 5.41) is 2.71. The van der Waals surface area contributed by atoms with Gasteiger partial charge < -0.3 is 20.5 Å². The highest BCUT2D eigenvalue weighted by atomic mass is 19.0. The number of hydrogen-bond donors (Lipinski definition) is 2. The summed E-state index contributed by atoms with van der Waals surface area (Å²) in [4.78, 5) is 77.7. The van der Waals surface area contributed by atoms with Gasteiger partial charge in [-0.25, -0.2) is 4.79 Å². The molecule has 0 bridgehead atoms. The minimum atomic E-state index is -1.37. The molecule has 1 aromatic rings. The Balaban J connectivity index is 0.00000507. The third kappa shape index (κ3) is 6.71. The smallest absolute Gasteiger partial charge is 0.424 e. The molecule has 12 nitrogen and oxygen atoms in total. The Morgan fingerprint density at radius 3 is 2.45 bits per heavy atom. The van der Waals surface area contributed by atoms with Gasteiger partial charge in [-0.2, -0.15) is 4.90 Å². The Morgan fingerprint density at radius 2 is 1.79 bits per heavy atom. The molecule has 1 saturated heterocycles. The molecule has 6 amide bonds. The van der Waals surface area contributed by atoms with Gasteiger partial charge in [-0.05, 0) is 58.7 Å². The van der Waals surface area contributed by atoms with Gasteiger partial charge in [0.1, 0.15) is 17.4 Å². The van der Waals surface area contributed by atoms with Gasteiger partial charge in [0.05, 0.1) is 11.1 Å². The lowest BCUT2D eigenvalue weighted by atomic mass is 10.0. The van der Waals surface area contributed by atoms with Crippen LogP contribution in [0.25, 0.3) is 0 Å². The van der Waals surface area contributed by atoms with E-state index in [9.17, 15) is 28.8 Å². The number of rotatable bonds is 9. The van der Waals surface area contributed by atoms with Crippen molar-refractivity contribution in [2.75, 3.05) is 19.7 Å². The average Bonchev–Trinajstić information content (AvgIpc) is 3.07. The number of nitrogens with zero attached hydrogens (tertiary/aromatic N) is 2. The summed E-state index contributed by atoms with van der Waals surface area (Å²) < 4.78 is 10.7. The van der Waals surface area contributed by atoms with Gasteiger partial charge in [-0.3, -0.25) is 33.6 Å². The third-order valence-electron chi connectivity index (χ3n) is 5.74. The van der Waals surface area contributed by atoms with E-state index in [1.165, 1.54) is 18.2 Å². The number of halogens is 1. The van der Waals surface area contributed by atoms with Crippen LogP contribution < -0.4 is 15.8 Å². The Hall–Kier alpha value is -3.87. The maximum Gasteiger partial charge on any atom is 0.424 e. The van der Waals surface area contributed by atoms with E-state index in [2.05, 4.69) is 5.32 Å². The molecule has 0 aromatic heterocycles. The summed E-state index contributed by atoms with van der Waals surface area (Å²) in [6.07, 6.45) is 0.976. The van der Waals surface area contributed by atoms with E-state index < -0.39 is 47.3 Å². The number of benzene rings is 1. The summed E-state index contributed by atoms with van der Waals surface area (Å²) in [6, 6.07) is 2.97. The number of imide groups is 4. The van der Waals surface area contributed by atoms with Crippen molar-refractivity contribution < 1.29 is 42.9 Å². The second-order valence-electron chi connectivity index (χ2n) is 9.75. The highest BCUT2D eigenvalue weighted by molar-refractivity contribution is 6.25. The van der Waals surface area contributed by atoms with Gasteiger partial charge in [-0.15, -0.1) is 0 Å². The molecule has 3 N–H and O–H groups in total. The number of nitrogens with one attached hydrogen (secondary N) is 1. The SMILES string of the molecule is CC(C)(C)OC(=O)N1C(=O)CCC(N2C(=O)c3cccc(OCC(=O)NCCCCCN)c3C2=O)C1=O.F. The largest absolute Gasteiger partial charge is 0.483 e. The lowest BCUT2D eigenvalue weighted by Gasteiger charge is -2.34. The van der Waals surface area contributed by atoms with Crippen molar-refractivity contribution in [2.24, 2.45) is 5.73 Å². The van der Waals surface area contributed by atoms with Crippen LogP contribution in [0.4, 0.5) is 9.50 Å². The molecule has 0 radical (unpaired) electrons. The zero-order chi connectivity index (χ0) is 27.3. The van der Waals surface area contributed by atoms with Crippen LogP contribution in [0, 0.1) is 0 Å². The van der Waals surface area contributed by atoms with Crippen molar-refractivity contribution in [1.29, 1.82) is 0 Å². The quantitative estimate of drug-likeness (QED) is 0.351. The predicted octanol–water partition coefficient (Wildman–Crippen LogP) is 1.51. The van der Waals surface area contributed by atoms with Crippen molar-refractivity contribution in [2.45, 2.75) is 64.5 Å². The van der Waals surface area contributed by atoms with Crippen molar-refractivity contribution >= 4 is 35.6 Å². The van der Waals surface area contributed by atoms with Crippen LogP contribution in [0.3, 0.4) is 0 Å². The Bertz CT molecular complexity index is 1120. The Labute approximate surface area is 219 Å². The van der Waals surface area contributed by atoms with E-state index >= 15 is 0 Å². The van der Waals surface area contributed by atoms with Crippen LogP contribution in [0.1, 0.15) is 73.6 Å². The molecule has 1 unspecified atom stereocenters. The molecule has 2 aliphatic heterocycles. The second kappa shape index (κ2) is 12.6. The van der Waals surface area contributed by atoms with Crippen LogP contribution in [0.2, 0.25) is 0 Å². The summed E-state index contributed by atoms with van der Waals surface area (Å²) in [5.74, 6) is -3.74. The molecular weight excluding hydrogens is 503 g/mol. The fraction of sp³-hybridized carbons (Fsp3) is 0.520. The van der Waals surface area contributed by atoms with Crippen LogP contribution >= 0.6 is 0 Å². The Morgan fingerprint density at radius 1 is 1.08 bits per heavy atom. The number of ether oxygens (including phenoxy) is 2. The van der Waals surface area contributed by atoms with E-state index in [0.29, 0.717) is 18.0 Å². The fourth-order valence-corrected chi connectivity index (χ4v) is 4.05. The zero-order valence-corrected chi connectivity index (χ0v) is 21.6. The van der Waals surface area contributed by atoms with E-state index in [1.807, 2.05) is 0 Å². The first-order valence-electron chi connectivity index (χ1n) is 12.2. The highest BCUT2D eigenvalue weighted by Crippen LogP contribution is 2.34. The highest BCUT2D eigenvalue weighted by Gasteiger charge is 2.50. The lowest BCUT2D eigenvalue weighted by Crippen LogP contribution is -2.58. The van der Waals surface area contributed by atoms with Gasteiger partial charge in [-0.1, -0.05) is 12.5 Å². The van der Waals surface area contributed by atoms with Gasteiger partial charge in [0.15, 0.2) is 6.61 Å². The van der Waals surface area contributed by atoms with Gasteiger partial charge in [0, 0.05) is 13.0 Å². The maximum atomic E-state index is 13.3. The molecule has 1 aromatic carbocycles. The number of carbonyl (C=O) groups is 6. The monoisotopic (exact) mass is 536 g/mol. The van der Waals surface area contributed by atoms with E-state index in [1.54, 1.807) is 20.8 Å². The molecule has 1 fully saturated rings. The third-order valence-corrected chi connectivity index (χ3v) is 5.74. The number of nitrogens with two attached hydrogens (primary N) is 1. The van der Waals surface area contributed by atoms with Crippen molar-refractivity contribution in [3.63, 3.8) is 0 Å². The maximum absolute atomic E-state index is 13.3. The zero-order valence-electron chi connectivity index (χ0n) is 21.6. The molecule has 0 aliphatic carbocycles. The Kier molecular flexibility index (Phi) is 10.1. The van der Waals surface area contributed by atoms with Gasteiger partial charge in [0.25, 0.3) is 23.6 Å². The first-order valence-corrected chi connectivity index (χ1v) is 12.2. The first-order chi connectivity index (χ1) is 17.5. The van der Waals surface area contributed by atoms with Crippen LogP contribution in [-0.2, 0) is 19.1 Å². The van der Waals surface area contributed by atoms with Crippen molar-refractivity contribution in [3.8, 4) is 5.75 Å². The van der Waals surface area contributed by atoms with Gasteiger partial charge in [0.2, 0.25) is 5.91 Å². The summed E-state index contributed by atoms with van der Waals surface area (Å²) >= 11 is 0.